The van der Waals surface area contributed by atoms with E-state index in [1.807, 2.05) is 20.8 Å². The van der Waals surface area contributed by atoms with Gasteiger partial charge in [-0.3, -0.25) is 14.7 Å². The largest absolute Gasteiger partial charge is 0.355 e. The van der Waals surface area contributed by atoms with Crippen molar-refractivity contribution in [1.82, 2.24) is 25.6 Å². The van der Waals surface area contributed by atoms with E-state index in [1.165, 1.54) is 0 Å². The summed E-state index contributed by atoms with van der Waals surface area (Å²) in [7, 11) is -1.58. The van der Waals surface area contributed by atoms with Crippen LogP contribution in [0.1, 0.15) is 40.0 Å². The Morgan fingerprint density at radius 1 is 1.21 bits per heavy atom. The van der Waals surface area contributed by atoms with E-state index in [9.17, 15) is 13.2 Å². The molecule has 1 saturated heterocycles. The molecule has 1 aliphatic heterocycles. The van der Waals surface area contributed by atoms with E-state index in [0.29, 0.717) is 19.0 Å². The third-order valence-corrected chi connectivity index (χ3v) is 5.17. The van der Waals surface area contributed by atoms with Gasteiger partial charge in [-0.15, -0.1) is 24.0 Å². The Labute approximate surface area is 186 Å². The molecule has 0 bridgehead atoms. The normalized spacial score (nSPS) is 17.0. The zero-order valence-electron chi connectivity index (χ0n) is 17.7. The van der Waals surface area contributed by atoms with Gasteiger partial charge in [-0.25, -0.2) is 13.1 Å². The molecular formula is C17H37IN6O3S. The summed E-state index contributed by atoms with van der Waals surface area (Å²) >= 11 is 0. The van der Waals surface area contributed by atoms with Gasteiger partial charge in [0.15, 0.2) is 5.96 Å². The fourth-order valence-corrected chi connectivity index (χ4v) is 4.07. The standard InChI is InChI=1S/C17H36N6O3S.HI/c1-6-9-19-15(24)12-23-10-7-14(8-11-23)21-16(18-4)20-13-17(2,3)22-27(5,25)26;/h14,22H,6-13H2,1-5H3,(H,19,24)(H2,18,20,21);1H. The van der Waals surface area contributed by atoms with Crippen LogP contribution in [0.3, 0.4) is 0 Å². The van der Waals surface area contributed by atoms with Crippen molar-refractivity contribution in [1.29, 1.82) is 0 Å². The molecule has 0 saturated carbocycles. The summed E-state index contributed by atoms with van der Waals surface area (Å²) in [6, 6.07) is 0.275. The van der Waals surface area contributed by atoms with E-state index < -0.39 is 15.6 Å². The molecule has 166 valence electrons. The van der Waals surface area contributed by atoms with Gasteiger partial charge in [0.2, 0.25) is 15.9 Å². The zero-order valence-corrected chi connectivity index (χ0v) is 20.8. The third kappa shape index (κ3) is 12.0. The van der Waals surface area contributed by atoms with Crippen LogP contribution in [0, 0.1) is 0 Å². The highest BCUT2D eigenvalue weighted by atomic mass is 127. The van der Waals surface area contributed by atoms with E-state index >= 15 is 0 Å². The molecule has 28 heavy (non-hydrogen) atoms. The lowest BCUT2D eigenvalue weighted by molar-refractivity contribution is -0.122. The van der Waals surface area contributed by atoms with Crippen molar-refractivity contribution in [2.75, 3.05) is 46.0 Å². The lowest BCUT2D eigenvalue weighted by atomic mass is 10.1. The predicted octanol–water partition coefficient (Wildman–Crippen LogP) is 0.0878. The molecule has 1 aliphatic rings. The van der Waals surface area contributed by atoms with Crippen LogP contribution in [0.5, 0.6) is 0 Å². The van der Waals surface area contributed by atoms with Crippen molar-refractivity contribution in [2.24, 2.45) is 4.99 Å². The van der Waals surface area contributed by atoms with Crippen LogP contribution in [0.4, 0.5) is 0 Å². The second-order valence-corrected chi connectivity index (χ2v) is 9.48. The number of hydrogen-bond acceptors (Lipinski definition) is 5. The number of hydrogen-bond donors (Lipinski definition) is 4. The van der Waals surface area contributed by atoms with Gasteiger partial charge >= 0.3 is 0 Å². The van der Waals surface area contributed by atoms with Gasteiger partial charge in [0.25, 0.3) is 0 Å². The van der Waals surface area contributed by atoms with Crippen molar-refractivity contribution in [3.8, 4) is 0 Å². The molecule has 4 N–H and O–H groups in total. The molecule has 11 heteroatoms. The molecule has 1 fully saturated rings. The number of likely N-dealkylation sites (tertiary alicyclic amines) is 1. The SMILES string of the molecule is CCCNC(=O)CN1CCC(NC(=NC)NCC(C)(C)NS(C)(=O)=O)CC1.I. The summed E-state index contributed by atoms with van der Waals surface area (Å²) in [5.74, 6) is 0.735. The molecular weight excluding hydrogens is 495 g/mol. The number of halogens is 1. The van der Waals surface area contributed by atoms with E-state index in [1.54, 1.807) is 7.05 Å². The highest BCUT2D eigenvalue weighted by Gasteiger charge is 2.24. The summed E-state index contributed by atoms with van der Waals surface area (Å²) < 4.78 is 25.5. The minimum atomic E-state index is -3.27. The van der Waals surface area contributed by atoms with Crippen LogP contribution in [0.25, 0.3) is 0 Å². The minimum Gasteiger partial charge on any atom is -0.355 e. The second kappa shape index (κ2) is 12.8. The van der Waals surface area contributed by atoms with Crippen LogP contribution in [0.15, 0.2) is 4.99 Å². The summed E-state index contributed by atoms with van der Waals surface area (Å²) in [5, 5.41) is 9.47. The van der Waals surface area contributed by atoms with Gasteiger partial charge in [0.05, 0.1) is 12.8 Å². The molecule has 0 aromatic rings. The number of amides is 1. The first-order valence-electron chi connectivity index (χ1n) is 9.50. The second-order valence-electron chi connectivity index (χ2n) is 7.73. The molecule has 1 amide bonds. The minimum absolute atomic E-state index is 0. The van der Waals surface area contributed by atoms with Crippen molar-refractivity contribution >= 4 is 45.9 Å². The number of sulfonamides is 1. The number of nitrogens with zero attached hydrogens (tertiary/aromatic N) is 2. The maximum absolute atomic E-state index is 11.8. The Balaban J connectivity index is 0.00000729. The average Bonchev–Trinajstić information content (AvgIpc) is 2.56. The van der Waals surface area contributed by atoms with Crippen LogP contribution in [0.2, 0.25) is 0 Å². The summed E-state index contributed by atoms with van der Waals surface area (Å²) in [5.41, 5.74) is -0.625. The quantitative estimate of drug-likeness (QED) is 0.190. The predicted molar refractivity (Wildman–Crippen MR) is 125 cm³/mol. The number of piperidine rings is 1. The maximum atomic E-state index is 11.8. The number of aliphatic imine (C=N–C) groups is 1. The molecule has 1 rings (SSSR count). The van der Waals surface area contributed by atoms with Crippen LogP contribution < -0.4 is 20.7 Å². The van der Waals surface area contributed by atoms with Crippen LogP contribution in [-0.4, -0.2) is 82.8 Å². The number of rotatable bonds is 9. The molecule has 0 spiro atoms. The van der Waals surface area contributed by atoms with E-state index in [0.717, 1.165) is 45.2 Å². The van der Waals surface area contributed by atoms with Gasteiger partial charge in [-0.05, 0) is 33.1 Å². The first-order valence-corrected chi connectivity index (χ1v) is 11.4. The molecule has 1 heterocycles. The van der Waals surface area contributed by atoms with Crippen LogP contribution >= 0.6 is 24.0 Å². The Hall–Kier alpha value is -0.660. The Morgan fingerprint density at radius 3 is 2.32 bits per heavy atom. The number of carbonyl (C=O) groups is 1. The van der Waals surface area contributed by atoms with Gasteiger partial charge < -0.3 is 16.0 Å². The third-order valence-electron chi connectivity index (χ3n) is 4.25. The molecule has 0 radical (unpaired) electrons. The molecule has 0 aliphatic carbocycles. The van der Waals surface area contributed by atoms with Crippen molar-refractivity contribution in [3.63, 3.8) is 0 Å². The summed E-state index contributed by atoms with van der Waals surface area (Å²) in [6.45, 7) is 8.97. The van der Waals surface area contributed by atoms with Crippen molar-refractivity contribution in [3.05, 3.63) is 0 Å². The lowest BCUT2D eigenvalue weighted by Gasteiger charge is -2.33. The lowest BCUT2D eigenvalue weighted by Crippen LogP contribution is -2.55. The monoisotopic (exact) mass is 532 g/mol. The van der Waals surface area contributed by atoms with Gasteiger partial charge in [0.1, 0.15) is 0 Å². The maximum Gasteiger partial charge on any atom is 0.234 e. The summed E-state index contributed by atoms with van der Waals surface area (Å²) in [6.07, 6.45) is 3.94. The number of nitrogens with one attached hydrogen (secondary N) is 4. The highest BCUT2D eigenvalue weighted by molar-refractivity contribution is 14.0. The fourth-order valence-electron chi connectivity index (χ4n) is 2.99. The van der Waals surface area contributed by atoms with E-state index in [2.05, 4.69) is 30.6 Å². The molecule has 0 aromatic heterocycles. The van der Waals surface area contributed by atoms with Crippen LogP contribution in [-0.2, 0) is 14.8 Å². The highest BCUT2D eigenvalue weighted by Crippen LogP contribution is 2.10. The van der Waals surface area contributed by atoms with E-state index in [4.69, 9.17) is 0 Å². The van der Waals surface area contributed by atoms with Crippen molar-refractivity contribution < 1.29 is 13.2 Å². The number of carbonyl (C=O) groups excluding carboxylic acids is 1. The Bertz CT molecular complexity index is 604. The molecule has 0 unspecified atom stereocenters. The molecule has 0 atom stereocenters. The number of guanidine groups is 1. The fraction of sp³-hybridized carbons (Fsp3) is 0.882. The van der Waals surface area contributed by atoms with Gasteiger partial charge in [-0.1, -0.05) is 6.92 Å². The Morgan fingerprint density at radius 2 is 1.82 bits per heavy atom. The average molecular weight is 532 g/mol. The van der Waals surface area contributed by atoms with E-state index in [-0.39, 0.29) is 35.9 Å². The summed E-state index contributed by atoms with van der Waals surface area (Å²) in [4.78, 5) is 18.2. The smallest absolute Gasteiger partial charge is 0.234 e. The van der Waals surface area contributed by atoms with Crippen molar-refractivity contribution in [2.45, 2.75) is 51.6 Å². The molecule has 9 nitrogen and oxygen atoms in total. The first-order chi connectivity index (χ1) is 12.5. The topological polar surface area (TPSA) is 115 Å². The molecule has 0 aromatic carbocycles. The van der Waals surface area contributed by atoms with Gasteiger partial charge in [0, 0.05) is 44.8 Å². The van der Waals surface area contributed by atoms with Gasteiger partial charge in [-0.2, -0.15) is 0 Å². The Kier molecular flexibility index (Phi) is 12.5. The first kappa shape index (κ1) is 27.3. The zero-order chi connectivity index (χ0) is 20.5.